The molecule has 2 aromatic carbocycles. The molecule has 7 nitrogen and oxygen atoms in total. The molecular weight excluding hydrogens is 539 g/mol. The van der Waals surface area contributed by atoms with Crippen LogP contribution in [-0.2, 0) is 6.42 Å². The van der Waals surface area contributed by atoms with E-state index in [1.807, 2.05) is 19.2 Å². The zero-order chi connectivity index (χ0) is 22.9. The van der Waals surface area contributed by atoms with Gasteiger partial charge in [0.1, 0.15) is 5.75 Å². The minimum atomic E-state index is 0. The number of aromatic nitrogens is 1. The predicted molar refractivity (Wildman–Crippen MR) is 153 cm³/mol. The molecular formula is C26H37IN6O. The van der Waals surface area contributed by atoms with Crippen molar-refractivity contribution >= 4 is 46.5 Å². The minimum Gasteiger partial charge on any atom is -0.497 e. The number of aliphatic imine (C=N–C) groups is 1. The van der Waals surface area contributed by atoms with E-state index in [1.54, 1.807) is 7.11 Å². The quantitative estimate of drug-likeness (QED) is 0.157. The summed E-state index contributed by atoms with van der Waals surface area (Å²) in [6.45, 7) is 7.22. The first-order chi connectivity index (χ1) is 16.3. The number of rotatable bonds is 9. The average Bonchev–Trinajstić information content (AvgIpc) is 3.29. The van der Waals surface area contributed by atoms with Gasteiger partial charge in [-0.2, -0.15) is 0 Å². The van der Waals surface area contributed by atoms with Crippen LogP contribution in [0.1, 0.15) is 12.0 Å². The Labute approximate surface area is 220 Å². The third-order valence-corrected chi connectivity index (χ3v) is 6.34. The van der Waals surface area contributed by atoms with Crippen molar-refractivity contribution in [3.8, 4) is 5.75 Å². The summed E-state index contributed by atoms with van der Waals surface area (Å²) in [6, 6.07) is 16.8. The van der Waals surface area contributed by atoms with Gasteiger partial charge < -0.3 is 25.3 Å². The highest BCUT2D eigenvalue weighted by molar-refractivity contribution is 14.0. The van der Waals surface area contributed by atoms with Crippen molar-refractivity contribution < 1.29 is 4.74 Å². The average molecular weight is 577 g/mol. The minimum absolute atomic E-state index is 0. The molecule has 1 fully saturated rings. The van der Waals surface area contributed by atoms with Crippen LogP contribution >= 0.6 is 24.0 Å². The predicted octanol–water partition coefficient (Wildman–Crippen LogP) is 3.71. The number of piperazine rings is 1. The molecule has 1 aliphatic rings. The highest BCUT2D eigenvalue weighted by Gasteiger charge is 2.16. The van der Waals surface area contributed by atoms with E-state index in [2.05, 4.69) is 73.0 Å². The molecule has 0 amide bonds. The Morgan fingerprint density at radius 2 is 1.74 bits per heavy atom. The van der Waals surface area contributed by atoms with E-state index >= 15 is 0 Å². The lowest BCUT2D eigenvalue weighted by Gasteiger charge is -2.36. The van der Waals surface area contributed by atoms with Crippen molar-refractivity contribution in [2.24, 2.45) is 4.99 Å². The first-order valence-electron chi connectivity index (χ1n) is 11.9. The summed E-state index contributed by atoms with van der Waals surface area (Å²) in [7, 11) is 3.54. The van der Waals surface area contributed by atoms with Gasteiger partial charge in [-0.05, 0) is 55.3 Å². The number of fused-ring (bicyclic) bond motifs is 1. The first-order valence-corrected chi connectivity index (χ1v) is 11.9. The number of aromatic amines is 1. The largest absolute Gasteiger partial charge is 0.497 e. The monoisotopic (exact) mass is 576 g/mol. The number of guanidine groups is 1. The molecule has 1 aliphatic heterocycles. The molecule has 4 rings (SSSR count). The van der Waals surface area contributed by atoms with Crippen molar-refractivity contribution in [3.05, 3.63) is 60.3 Å². The molecule has 2 heterocycles. The van der Waals surface area contributed by atoms with Crippen LogP contribution in [0.4, 0.5) is 5.69 Å². The maximum Gasteiger partial charge on any atom is 0.190 e. The standard InChI is InChI=1S/C26H36N6O.HI/c1-27-26(29-14-12-21-20-30-25-7-4-3-6-24(21)25)28-13-5-15-31-16-18-32(19-17-31)22-8-10-23(33-2)11-9-22;/h3-4,6-11,20,30H,5,12-19H2,1-2H3,(H2,27,28,29);1H. The third kappa shape index (κ3) is 7.02. The highest BCUT2D eigenvalue weighted by Crippen LogP contribution is 2.20. The van der Waals surface area contributed by atoms with Crippen LogP contribution in [-0.4, -0.2) is 75.8 Å². The second kappa shape index (κ2) is 13.4. The fourth-order valence-corrected chi connectivity index (χ4v) is 4.41. The van der Waals surface area contributed by atoms with Crippen molar-refractivity contribution in [1.82, 2.24) is 20.5 Å². The van der Waals surface area contributed by atoms with Crippen LogP contribution < -0.4 is 20.3 Å². The van der Waals surface area contributed by atoms with E-state index in [1.165, 1.54) is 22.2 Å². The topological polar surface area (TPSA) is 67.9 Å². The zero-order valence-corrected chi connectivity index (χ0v) is 22.5. The summed E-state index contributed by atoms with van der Waals surface area (Å²) in [5, 5.41) is 8.19. The van der Waals surface area contributed by atoms with E-state index < -0.39 is 0 Å². The number of methoxy groups -OCH3 is 1. The van der Waals surface area contributed by atoms with Gasteiger partial charge >= 0.3 is 0 Å². The van der Waals surface area contributed by atoms with Gasteiger partial charge in [0.05, 0.1) is 7.11 Å². The molecule has 184 valence electrons. The summed E-state index contributed by atoms with van der Waals surface area (Å²) in [5.41, 5.74) is 3.81. The van der Waals surface area contributed by atoms with Gasteiger partial charge in [-0.1, -0.05) is 18.2 Å². The summed E-state index contributed by atoms with van der Waals surface area (Å²) in [5.74, 6) is 1.78. The van der Waals surface area contributed by atoms with E-state index in [0.717, 1.165) is 70.4 Å². The maximum atomic E-state index is 5.26. The molecule has 8 heteroatoms. The Kier molecular flexibility index (Phi) is 10.3. The van der Waals surface area contributed by atoms with Gasteiger partial charge in [0.2, 0.25) is 0 Å². The van der Waals surface area contributed by atoms with Crippen molar-refractivity contribution in [3.63, 3.8) is 0 Å². The van der Waals surface area contributed by atoms with Gasteiger partial charge in [0, 0.05) is 69.1 Å². The normalized spacial score (nSPS) is 14.6. The Bertz CT molecular complexity index is 1030. The number of hydrogen-bond donors (Lipinski definition) is 3. The molecule has 0 spiro atoms. The van der Waals surface area contributed by atoms with Crippen molar-refractivity contribution in [1.29, 1.82) is 0 Å². The number of nitrogens with one attached hydrogen (secondary N) is 3. The maximum absolute atomic E-state index is 5.26. The molecule has 0 bridgehead atoms. The molecule has 0 atom stereocenters. The van der Waals surface area contributed by atoms with E-state index in [-0.39, 0.29) is 24.0 Å². The summed E-state index contributed by atoms with van der Waals surface area (Å²) >= 11 is 0. The van der Waals surface area contributed by atoms with E-state index in [9.17, 15) is 0 Å². The highest BCUT2D eigenvalue weighted by atomic mass is 127. The van der Waals surface area contributed by atoms with Gasteiger partial charge in [0.15, 0.2) is 5.96 Å². The zero-order valence-electron chi connectivity index (χ0n) is 20.2. The lowest BCUT2D eigenvalue weighted by Crippen LogP contribution is -2.47. The molecule has 0 saturated carbocycles. The molecule has 0 aliphatic carbocycles. The van der Waals surface area contributed by atoms with Crippen LogP contribution in [0.5, 0.6) is 5.75 Å². The number of halogens is 1. The third-order valence-electron chi connectivity index (χ3n) is 6.34. The second-order valence-electron chi connectivity index (χ2n) is 8.42. The number of ether oxygens (including phenoxy) is 1. The van der Waals surface area contributed by atoms with Crippen LogP contribution in [0.25, 0.3) is 10.9 Å². The lowest BCUT2D eigenvalue weighted by molar-refractivity contribution is 0.255. The molecule has 1 aromatic heterocycles. The molecule has 0 unspecified atom stereocenters. The smallest absolute Gasteiger partial charge is 0.190 e. The number of nitrogens with zero attached hydrogens (tertiary/aromatic N) is 3. The Morgan fingerprint density at radius 1 is 1.00 bits per heavy atom. The fourth-order valence-electron chi connectivity index (χ4n) is 4.41. The number of H-pyrrole nitrogens is 1. The SMILES string of the molecule is CN=C(NCCCN1CCN(c2ccc(OC)cc2)CC1)NCCc1c[nH]c2ccccc12.I. The Morgan fingerprint density at radius 3 is 2.47 bits per heavy atom. The van der Waals surface area contributed by atoms with Crippen molar-refractivity contribution in [2.75, 3.05) is 64.9 Å². The fraction of sp³-hybridized carbons (Fsp3) is 0.423. The number of benzene rings is 2. The molecule has 1 saturated heterocycles. The Hall–Kier alpha value is -2.46. The molecule has 3 aromatic rings. The number of para-hydroxylation sites is 1. The van der Waals surface area contributed by atoms with Crippen LogP contribution in [0.2, 0.25) is 0 Å². The summed E-state index contributed by atoms with van der Waals surface area (Å²) in [6.07, 6.45) is 4.17. The van der Waals surface area contributed by atoms with Crippen LogP contribution in [0.15, 0.2) is 59.7 Å². The van der Waals surface area contributed by atoms with Crippen LogP contribution in [0.3, 0.4) is 0 Å². The van der Waals surface area contributed by atoms with Gasteiger partial charge in [-0.25, -0.2) is 0 Å². The molecule has 3 N–H and O–H groups in total. The number of hydrogen-bond acceptors (Lipinski definition) is 4. The van der Waals surface area contributed by atoms with E-state index in [4.69, 9.17) is 4.74 Å². The lowest BCUT2D eigenvalue weighted by atomic mass is 10.1. The summed E-state index contributed by atoms with van der Waals surface area (Å²) < 4.78 is 5.26. The van der Waals surface area contributed by atoms with Gasteiger partial charge in [-0.3, -0.25) is 9.89 Å². The van der Waals surface area contributed by atoms with Gasteiger partial charge in [0.25, 0.3) is 0 Å². The molecule has 0 radical (unpaired) electrons. The molecule has 34 heavy (non-hydrogen) atoms. The van der Waals surface area contributed by atoms with Gasteiger partial charge in [-0.15, -0.1) is 24.0 Å². The van der Waals surface area contributed by atoms with Crippen molar-refractivity contribution in [2.45, 2.75) is 12.8 Å². The van der Waals surface area contributed by atoms with E-state index in [0.29, 0.717) is 0 Å². The number of anilines is 1. The first kappa shape index (κ1) is 26.2. The van der Waals surface area contributed by atoms with Crippen LogP contribution in [0, 0.1) is 0 Å². The summed E-state index contributed by atoms with van der Waals surface area (Å²) in [4.78, 5) is 12.7. The second-order valence-corrected chi connectivity index (χ2v) is 8.42. The Balaban J connectivity index is 0.00000324.